The molecule has 1 aliphatic rings. The van der Waals surface area contributed by atoms with E-state index in [4.69, 9.17) is 14.2 Å². The highest BCUT2D eigenvalue weighted by molar-refractivity contribution is 7.09. The maximum Gasteiger partial charge on any atom is 0.227 e. The van der Waals surface area contributed by atoms with Gasteiger partial charge in [-0.1, -0.05) is 12.1 Å². The second kappa shape index (κ2) is 9.05. The fraction of sp³-hybridized carbons (Fsp3) is 0.450. The van der Waals surface area contributed by atoms with Gasteiger partial charge in [-0.15, -0.1) is 11.3 Å². The van der Waals surface area contributed by atoms with Crippen molar-refractivity contribution in [1.29, 1.82) is 0 Å². The van der Waals surface area contributed by atoms with Crippen LogP contribution in [0.1, 0.15) is 23.3 Å². The predicted octanol–water partition coefficient (Wildman–Crippen LogP) is 3.52. The summed E-state index contributed by atoms with van der Waals surface area (Å²) in [7, 11) is 3.21. The summed E-state index contributed by atoms with van der Waals surface area (Å²) in [5, 5.41) is 2.04. The summed E-state index contributed by atoms with van der Waals surface area (Å²) in [5.41, 5.74) is 0.913. The van der Waals surface area contributed by atoms with Crippen molar-refractivity contribution >= 4 is 17.2 Å². The quantitative estimate of drug-likeness (QED) is 0.708. The van der Waals surface area contributed by atoms with Crippen LogP contribution in [-0.4, -0.2) is 44.3 Å². The van der Waals surface area contributed by atoms with E-state index in [0.717, 1.165) is 25.0 Å². The van der Waals surface area contributed by atoms with Crippen LogP contribution in [-0.2, 0) is 22.5 Å². The number of carbonyl (C=O) groups excluding carboxylic acids is 1. The summed E-state index contributed by atoms with van der Waals surface area (Å²) in [6.07, 6.45) is 2.56. The molecule has 0 saturated carbocycles. The predicted molar refractivity (Wildman–Crippen MR) is 102 cm³/mol. The van der Waals surface area contributed by atoms with Crippen LogP contribution in [0.15, 0.2) is 35.7 Å². The SMILES string of the molecule is COc1ccc(CC(=O)N(Cc2cccs2)CC2CCCO2)cc1OC. The molecule has 1 atom stereocenters. The second-order valence-electron chi connectivity index (χ2n) is 6.35. The first-order valence-electron chi connectivity index (χ1n) is 8.82. The van der Waals surface area contributed by atoms with Crippen LogP contribution in [0.3, 0.4) is 0 Å². The number of thiophene rings is 1. The van der Waals surface area contributed by atoms with Crippen LogP contribution in [0.5, 0.6) is 11.5 Å². The van der Waals surface area contributed by atoms with E-state index >= 15 is 0 Å². The monoisotopic (exact) mass is 375 g/mol. The summed E-state index contributed by atoms with van der Waals surface area (Å²) < 4.78 is 16.4. The van der Waals surface area contributed by atoms with Gasteiger partial charge in [-0.25, -0.2) is 0 Å². The molecule has 26 heavy (non-hydrogen) atoms. The van der Waals surface area contributed by atoms with Crippen molar-refractivity contribution in [3.05, 3.63) is 46.2 Å². The molecular formula is C20H25NO4S. The average molecular weight is 375 g/mol. The fourth-order valence-corrected chi connectivity index (χ4v) is 3.88. The Kier molecular flexibility index (Phi) is 6.52. The van der Waals surface area contributed by atoms with E-state index in [9.17, 15) is 4.79 Å². The molecule has 2 heterocycles. The summed E-state index contributed by atoms with van der Waals surface area (Å²) in [5.74, 6) is 1.40. The third-order valence-electron chi connectivity index (χ3n) is 4.53. The van der Waals surface area contributed by atoms with E-state index in [1.165, 1.54) is 4.88 Å². The van der Waals surface area contributed by atoms with Crippen molar-refractivity contribution < 1.29 is 19.0 Å². The normalized spacial score (nSPS) is 16.5. The van der Waals surface area contributed by atoms with Crippen molar-refractivity contribution in [2.45, 2.75) is 31.9 Å². The molecule has 0 aliphatic carbocycles. The lowest BCUT2D eigenvalue weighted by atomic mass is 10.1. The van der Waals surface area contributed by atoms with Crippen molar-refractivity contribution in [2.75, 3.05) is 27.4 Å². The second-order valence-corrected chi connectivity index (χ2v) is 7.39. The van der Waals surface area contributed by atoms with E-state index in [-0.39, 0.29) is 12.0 Å². The zero-order chi connectivity index (χ0) is 18.4. The smallest absolute Gasteiger partial charge is 0.227 e. The van der Waals surface area contributed by atoms with Crippen LogP contribution in [0.25, 0.3) is 0 Å². The molecule has 1 unspecified atom stereocenters. The number of ether oxygens (including phenoxy) is 3. The van der Waals surface area contributed by atoms with E-state index in [2.05, 4.69) is 6.07 Å². The maximum absolute atomic E-state index is 13.0. The summed E-state index contributed by atoms with van der Waals surface area (Å²) in [6, 6.07) is 9.70. The minimum Gasteiger partial charge on any atom is -0.493 e. The molecule has 1 amide bonds. The Hall–Kier alpha value is -2.05. The number of nitrogens with zero attached hydrogens (tertiary/aromatic N) is 1. The molecule has 3 rings (SSSR count). The van der Waals surface area contributed by atoms with Gasteiger partial charge in [0, 0.05) is 18.0 Å². The van der Waals surface area contributed by atoms with Gasteiger partial charge in [-0.2, -0.15) is 0 Å². The molecular weight excluding hydrogens is 350 g/mol. The molecule has 0 N–H and O–H groups in total. The van der Waals surface area contributed by atoms with Gasteiger partial charge in [0.15, 0.2) is 11.5 Å². The standard InChI is InChI=1S/C20H25NO4S/c1-23-18-8-7-15(11-19(18)24-2)12-20(22)21(13-16-5-3-9-25-16)14-17-6-4-10-26-17/h4,6-8,10-11,16H,3,5,9,12-14H2,1-2H3. The lowest BCUT2D eigenvalue weighted by Crippen LogP contribution is -2.37. The molecule has 140 valence electrons. The highest BCUT2D eigenvalue weighted by Crippen LogP contribution is 2.28. The summed E-state index contributed by atoms with van der Waals surface area (Å²) in [6.45, 7) is 2.06. The van der Waals surface area contributed by atoms with Gasteiger partial charge < -0.3 is 19.1 Å². The van der Waals surface area contributed by atoms with E-state index < -0.39 is 0 Å². The average Bonchev–Trinajstić information content (AvgIpc) is 3.35. The molecule has 1 aromatic carbocycles. The highest BCUT2D eigenvalue weighted by Gasteiger charge is 2.23. The van der Waals surface area contributed by atoms with E-state index in [1.54, 1.807) is 25.6 Å². The Morgan fingerprint density at radius 1 is 1.27 bits per heavy atom. The van der Waals surface area contributed by atoms with Crippen LogP contribution >= 0.6 is 11.3 Å². The van der Waals surface area contributed by atoms with E-state index in [1.807, 2.05) is 34.5 Å². The third-order valence-corrected chi connectivity index (χ3v) is 5.39. The lowest BCUT2D eigenvalue weighted by molar-refractivity contribution is -0.132. The Morgan fingerprint density at radius 3 is 2.77 bits per heavy atom. The molecule has 1 saturated heterocycles. The Bertz CT molecular complexity index is 711. The van der Waals surface area contributed by atoms with Crippen molar-refractivity contribution in [1.82, 2.24) is 4.90 Å². The van der Waals surface area contributed by atoms with Crippen LogP contribution < -0.4 is 9.47 Å². The van der Waals surface area contributed by atoms with Gasteiger partial charge in [0.05, 0.1) is 33.3 Å². The third kappa shape index (κ3) is 4.77. The summed E-state index contributed by atoms with van der Waals surface area (Å²) in [4.78, 5) is 16.1. The number of methoxy groups -OCH3 is 2. The van der Waals surface area contributed by atoms with Crippen LogP contribution in [0, 0.1) is 0 Å². The fourth-order valence-electron chi connectivity index (χ4n) is 3.16. The number of amides is 1. The Balaban J connectivity index is 1.71. The number of rotatable bonds is 8. The van der Waals surface area contributed by atoms with Crippen molar-refractivity contribution in [3.8, 4) is 11.5 Å². The van der Waals surface area contributed by atoms with Crippen molar-refractivity contribution in [2.24, 2.45) is 0 Å². The summed E-state index contributed by atoms with van der Waals surface area (Å²) >= 11 is 1.67. The number of benzene rings is 1. The molecule has 0 bridgehead atoms. The number of hydrogen-bond donors (Lipinski definition) is 0. The van der Waals surface area contributed by atoms with Gasteiger partial charge >= 0.3 is 0 Å². The largest absolute Gasteiger partial charge is 0.493 e. The van der Waals surface area contributed by atoms with Gasteiger partial charge in [-0.3, -0.25) is 4.79 Å². The lowest BCUT2D eigenvalue weighted by Gasteiger charge is -2.25. The number of hydrogen-bond acceptors (Lipinski definition) is 5. The van der Waals surface area contributed by atoms with Crippen molar-refractivity contribution in [3.63, 3.8) is 0 Å². The Labute approximate surface area is 158 Å². The Morgan fingerprint density at radius 2 is 2.12 bits per heavy atom. The van der Waals surface area contributed by atoms with E-state index in [0.29, 0.717) is 31.0 Å². The molecule has 1 aromatic heterocycles. The first-order chi connectivity index (χ1) is 12.7. The minimum atomic E-state index is 0.0983. The molecule has 1 aliphatic heterocycles. The van der Waals surface area contributed by atoms with Gasteiger partial charge in [0.25, 0.3) is 0 Å². The van der Waals surface area contributed by atoms with Crippen LogP contribution in [0.4, 0.5) is 0 Å². The maximum atomic E-state index is 13.0. The van der Waals surface area contributed by atoms with Gasteiger partial charge in [0.1, 0.15) is 0 Å². The zero-order valence-electron chi connectivity index (χ0n) is 15.3. The highest BCUT2D eigenvalue weighted by atomic mass is 32.1. The molecule has 0 spiro atoms. The molecule has 0 radical (unpaired) electrons. The molecule has 1 fully saturated rings. The topological polar surface area (TPSA) is 48.0 Å². The first-order valence-corrected chi connectivity index (χ1v) is 9.70. The zero-order valence-corrected chi connectivity index (χ0v) is 16.1. The van der Waals surface area contributed by atoms with Gasteiger partial charge in [-0.05, 0) is 42.0 Å². The first kappa shape index (κ1) is 18.7. The molecule has 2 aromatic rings. The van der Waals surface area contributed by atoms with Gasteiger partial charge in [0.2, 0.25) is 5.91 Å². The van der Waals surface area contributed by atoms with Crippen LogP contribution in [0.2, 0.25) is 0 Å². The number of carbonyl (C=O) groups is 1. The molecule has 5 nitrogen and oxygen atoms in total. The molecule has 6 heteroatoms. The minimum absolute atomic E-state index is 0.0983.